The van der Waals surface area contributed by atoms with E-state index >= 15 is 0 Å². The van der Waals surface area contributed by atoms with Crippen molar-refractivity contribution in [2.45, 2.75) is 6.42 Å². The number of nitrogens with zero attached hydrogens (tertiary/aromatic N) is 2. The fourth-order valence-corrected chi connectivity index (χ4v) is 5.03. The first-order valence-electron chi connectivity index (χ1n) is 9.46. The minimum absolute atomic E-state index is 0.341. The van der Waals surface area contributed by atoms with E-state index in [0.29, 0.717) is 34.3 Å². The van der Waals surface area contributed by atoms with Gasteiger partial charge in [-0.25, -0.2) is 4.90 Å². The van der Waals surface area contributed by atoms with E-state index in [1.54, 1.807) is 18.2 Å². The summed E-state index contributed by atoms with van der Waals surface area (Å²) in [6, 6.07) is 16.7. The fourth-order valence-electron chi connectivity index (χ4n) is 4.01. The number of methoxy groups -OCH3 is 1. The maximum absolute atomic E-state index is 13.6. The van der Waals surface area contributed by atoms with Crippen LogP contribution >= 0.6 is 22.9 Å². The SMILES string of the molecule is COc1ccc(N2C(=O)C(c3cccs3)=C(N3CCc4ccccc43)C2=O)cc1Cl. The van der Waals surface area contributed by atoms with Gasteiger partial charge in [-0.1, -0.05) is 35.9 Å². The van der Waals surface area contributed by atoms with Crippen LogP contribution in [-0.2, 0) is 16.0 Å². The molecule has 7 heteroatoms. The standard InChI is InChI=1S/C23H17ClN2O3S/c1-29-18-9-8-15(13-16(18)24)26-22(27)20(19-7-4-12-30-19)21(23(26)28)25-11-10-14-5-2-3-6-17(14)25/h2-9,12-13H,10-11H2,1H3. The number of carbonyl (C=O) groups excluding carboxylic acids is 2. The molecule has 0 aliphatic carbocycles. The zero-order valence-electron chi connectivity index (χ0n) is 16.1. The van der Waals surface area contributed by atoms with Crippen molar-refractivity contribution in [3.05, 3.63) is 81.1 Å². The number of imide groups is 1. The molecule has 30 heavy (non-hydrogen) atoms. The van der Waals surface area contributed by atoms with Crippen LogP contribution in [0.2, 0.25) is 5.02 Å². The highest BCUT2D eigenvalue weighted by molar-refractivity contribution is 7.11. The van der Waals surface area contributed by atoms with E-state index < -0.39 is 0 Å². The zero-order chi connectivity index (χ0) is 20.8. The summed E-state index contributed by atoms with van der Waals surface area (Å²) in [6.07, 6.45) is 0.827. The molecule has 2 aliphatic rings. The number of thiophene rings is 1. The summed E-state index contributed by atoms with van der Waals surface area (Å²) in [4.78, 5) is 31.1. The Labute approximate surface area is 182 Å². The van der Waals surface area contributed by atoms with Crippen LogP contribution in [0, 0.1) is 0 Å². The van der Waals surface area contributed by atoms with Gasteiger partial charge in [0.1, 0.15) is 11.4 Å². The second-order valence-electron chi connectivity index (χ2n) is 7.00. The lowest BCUT2D eigenvalue weighted by Gasteiger charge is -2.22. The van der Waals surface area contributed by atoms with Crippen molar-refractivity contribution in [3.63, 3.8) is 0 Å². The topological polar surface area (TPSA) is 49.9 Å². The third kappa shape index (κ3) is 2.83. The van der Waals surface area contributed by atoms with Crippen molar-refractivity contribution < 1.29 is 14.3 Å². The molecule has 0 atom stereocenters. The number of halogens is 1. The van der Waals surface area contributed by atoms with Crippen molar-refractivity contribution in [1.82, 2.24) is 0 Å². The quantitative estimate of drug-likeness (QED) is 0.553. The lowest BCUT2D eigenvalue weighted by Crippen LogP contribution is -2.34. The summed E-state index contributed by atoms with van der Waals surface area (Å²) in [5.74, 6) is -0.205. The first kappa shape index (κ1) is 18.9. The van der Waals surface area contributed by atoms with Crippen LogP contribution in [0.5, 0.6) is 5.75 Å². The highest BCUT2D eigenvalue weighted by Crippen LogP contribution is 2.42. The number of para-hydroxylation sites is 1. The molecule has 0 bridgehead atoms. The average molecular weight is 437 g/mol. The number of hydrogen-bond acceptors (Lipinski definition) is 5. The summed E-state index contributed by atoms with van der Waals surface area (Å²) in [5, 5.41) is 2.25. The van der Waals surface area contributed by atoms with Crippen molar-refractivity contribution in [2.75, 3.05) is 23.5 Å². The maximum atomic E-state index is 13.6. The summed E-state index contributed by atoms with van der Waals surface area (Å²) in [7, 11) is 1.52. The number of fused-ring (bicyclic) bond motifs is 1. The molecule has 1 aromatic heterocycles. The van der Waals surface area contributed by atoms with Crippen LogP contribution in [0.1, 0.15) is 10.4 Å². The normalized spacial score (nSPS) is 15.9. The second kappa shape index (κ2) is 7.31. The van der Waals surface area contributed by atoms with Crippen molar-refractivity contribution in [3.8, 4) is 5.75 Å². The summed E-state index contributed by atoms with van der Waals surface area (Å²) >= 11 is 7.72. The Morgan fingerprint density at radius 3 is 2.60 bits per heavy atom. The van der Waals surface area contributed by atoms with Gasteiger partial charge in [-0.3, -0.25) is 9.59 Å². The molecule has 2 aliphatic heterocycles. The Morgan fingerprint density at radius 1 is 1.03 bits per heavy atom. The van der Waals surface area contributed by atoms with E-state index in [0.717, 1.165) is 17.0 Å². The molecule has 0 spiro atoms. The van der Waals surface area contributed by atoms with E-state index in [1.165, 1.54) is 28.9 Å². The van der Waals surface area contributed by atoms with Crippen molar-refractivity contribution in [2.24, 2.45) is 0 Å². The third-order valence-corrected chi connectivity index (χ3v) is 6.56. The minimum atomic E-state index is -0.346. The molecule has 2 amide bonds. The monoisotopic (exact) mass is 436 g/mol. The van der Waals surface area contributed by atoms with Gasteiger partial charge in [0, 0.05) is 17.1 Å². The van der Waals surface area contributed by atoms with Crippen LogP contribution in [0.3, 0.4) is 0 Å². The number of ether oxygens (including phenoxy) is 1. The minimum Gasteiger partial charge on any atom is -0.495 e. The Hall–Kier alpha value is -3.09. The first-order chi connectivity index (χ1) is 14.6. The van der Waals surface area contributed by atoms with Crippen molar-refractivity contribution in [1.29, 1.82) is 0 Å². The fraction of sp³-hybridized carbons (Fsp3) is 0.130. The number of amides is 2. The smallest absolute Gasteiger partial charge is 0.282 e. The summed E-state index contributed by atoms with van der Waals surface area (Å²) < 4.78 is 5.20. The van der Waals surface area contributed by atoms with Crippen molar-refractivity contribution >= 4 is 51.7 Å². The van der Waals surface area contributed by atoms with Gasteiger partial charge in [-0.2, -0.15) is 0 Å². The molecule has 150 valence electrons. The van der Waals surface area contributed by atoms with Gasteiger partial charge in [0.2, 0.25) is 0 Å². The van der Waals surface area contributed by atoms with E-state index in [1.807, 2.05) is 40.6 Å². The molecular weight excluding hydrogens is 420 g/mol. The Bertz CT molecular complexity index is 1200. The van der Waals surface area contributed by atoms with Crippen LogP contribution < -0.4 is 14.5 Å². The molecule has 0 N–H and O–H groups in total. The lowest BCUT2D eigenvalue weighted by molar-refractivity contribution is -0.120. The highest BCUT2D eigenvalue weighted by Gasteiger charge is 2.44. The molecule has 5 nitrogen and oxygen atoms in total. The molecule has 0 saturated carbocycles. The number of rotatable bonds is 4. The Kier molecular flexibility index (Phi) is 4.60. The Balaban J connectivity index is 1.65. The van der Waals surface area contributed by atoms with Gasteiger partial charge < -0.3 is 9.64 Å². The van der Waals surface area contributed by atoms with Gasteiger partial charge in [-0.05, 0) is 47.7 Å². The van der Waals surface area contributed by atoms with Crippen LogP contribution in [0.25, 0.3) is 5.57 Å². The summed E-state index contributed by atoms with van der Waals surface area (Å²) in [6.45, 7) is 0.653. The van der Waals surface area contributed by atoms with Crippen LogP contribution in [0.15, 0.2) is 65.7 Å². The van der Waals surface area contributed by atoms with E-state index in [9.17, 15) is 9.59 Å². The molecule has 0 fully saturated rings. The lowest BCUT2D eigenvalue weighted by atomic mass is 10.1. The van der Waals surface area contributed by atoms with Crippen LogP contribution in [-0.4, -0.2) is 25.5 Å². The van der Waals surface area contributed by atoms with E-state index in [2.05, 4.69) is 6.07 Å². The molecule has 0 radical (unpaired) electrons. The molecular formula is C23H17ClN2O3S. The van der Waals surface area contributed by atoms with Gasteiger partial charge in [0.25, 0.3) is 11.8 Å². The predicted octanol–water partition coefficient (Wildman–Crippen LogP) is 4.76. The van der Waals surface area contributed by atoms with E-state index in [4.69, 9.17) is 16.3 Å². The van der Waals surface area contributed by atoms with Gasteiger partial charge in [0.05, 0.1) is 23.4 Å². The zero-order valence-corrected chi connectivity index (χ0v) is 17.7. The second-order valence-corrected chi connectivity index (χ2v) is 8.35. The van der Waals surface area contributed by atoms with Gasteiger partial charge >= 0.3 is 0 Å². The number of anilines is 2. The Morgan fingerprint density at radius 2 is 1.87 bits per heavy atom. The molecule has 3 heterocycles. The van der Waals surface area contributed by atoms with Gasteiger partial charge in [0.15, 0.2) is 0 Å². The van der Waals surface area contributed by atoms with E-state index in [-0.39, 0.29) is 11.8 Å². The largest absolute Gasteiger partial charge is 0.495 e. The number of hydrogen-bond donors (Lipinski definition) is 0. The molecule has 5 rings (SSSR count). The molecule has 0 saturated heterocycles. The van der Waals surface area contributed by atoms with Crippen LogP contribution in [0.4, 0.5) is 11.4 Å². The maximum Gasteiger partial charge on any atom is 0.282 e. The van der Waals surface area contributed by atoms with Gasteiger partial charge in [-0.15, -0.1) is 11.3 Å². The summed E-state index contributed by atoms with van der Waals surface area (Å²) in [5.41, 5.74) is 3.41. The molecule has 0 unspecified atom stereocenters. The highest BCUT2D eigenvalue weighted by atomic mass is 35.5. The number of benzene rings is 2. The molecule has 3 aromatic rings. The number of carbonyl (C=O) groups is 2. The average Bonchev–Trinajstić information content (AvgIpc) is 3.46. The predicted molar refractivity (Wildman–Crippen MR) is 119 cm³/mol. The molecule has 2 aromatic carbocycles. The first-order valence-corrected chi connectivity index (χ1v) is 10.7. The third-order valence-electron chi connectivity index (χ3n) is 5.38.